The molecule has 0 spiro atoms. The third-order valence-electron chi connectivity index (χ3n) is 4.89. The average molecular weight is 420 g/mol. The second-order valence-corrected chi connectivity index (χ2v) is 6.29. The van der Waals surface area contributed by atoms with Crippen molar-refractivity contribution in [3.63, 3.8) is 0 Å². The second-order valence-electron chi connectivity index (χ2n) is 6.29. The minimum Gasteiger partial charge on any atom is -1.00 e. The molecule has 2 heterocycles. The summed E-state index contributed by atoms with van der Waals surface area (Å²) in [5.74, 6) is 0. The first-order valence-electron chi connectivity index (χ1n) is 8.30. The number of para-hydroxylation sites is 1. The summed E-state index contributed by atoms with van der Waals surface area (Å²) in [5.41, 5.74) is 1.60. The highest BCUT2D eigenvalue weighted by Gasteiger charge is 2.20. The molecule has 0 bridgehead atoms. The maximum absolute atomic E-state index is 11.6. The van der Waals surface area contributed by atoms with Crippen LogP contribution in [0, 0.1) is 10.1 Å². The maximum atomic E-state index is 11.6. The molecule has 0 unspecified atom stereocenters. The number of nitro benzene ring substituents is 1. The fourth-order valence-electron chi connectivity index (χ4n) is 3.75. The van der Waals surface area contributed by atoms with Gasteiger partial charge in [0.15, 0.2) is 12.4 Å². The zero-order valence-corrected chi connectivity index (χ0v) is 15.7. The Morgan fingerprint density at radius 1 is 0.889 bits per heavy atom. The number of nitrogens with zero attached hydrogens (tertiary/aromatic N) is 1. The number of nitro groups is 1. The van der Waals surface area contributed by atoms with Gasteiger partial charge in [0, 0.05) is 23.8 Å². The van der Waals surface area contributed by atoms with Crippen LogP contribution in [0.15, 0.2) is 73.3 Å². The van der Waals surface area contributed by atoms with Gasteiger partial charge < -0.3 is 22.0 Å². The topological polar surface area (TPSA) is 73.1 Å². The number of fused-ring (bicyclic) bond motifs is 5. The minimum atomic E-state index is -0.320. The van der Waals surface area contributed by atoms with Crippen LogP contribution in [-0.2, 0) is 0 Å². The van der Waals surface area contributed by atoms with E-state index in [1.54, 1.807) is 12.1 Å². The first kappa shape index (κ1) is 17.2. The number of hydrogen-bond donors (Lipinski definition) is 1. The van der Waals surface area contributed by atoms with Crippen molar-refractivity contribution in [1.29, 1.82) is 0 Å². The molecule has 0 saturated carbocycles. The molecule has 0 fully saturated rings. The number of benzene rings is 3. The predicted molar refractivity (Wildman–Crippen MR) is 102 cm³/mol. The lowest BCUT2D eigenvalue weighted by atomic mass is 9.91. The number of halogens is 1. The minimum absolute atomic E-state index is 0. The van der Waals surface area contributed by atoms with Crippen LogP contribution in [0.2, 0.25) is 0 Å². The monoisotopic (exact) mass is 419 g/mol. The Labute approximate surface area is 164 Å². The quantitative estimate of drug-likeness (QED) is 0.269. The van der Waals surface area contributed by atoms with Gasteiger partial charge in [-0.3, -0.25) is 10.1 Å². The van der Waals surface area contributed by atoms with Gasteiger partial charge in [0.1, 0.15) is 0 Å². The van der Waals surface area contributed by atoms with Gasteiger partial charge in [-0.1, -0.05) is 24.3 Å². The highest BCUT2D eigenvalue weighted by molar-refractivity contribution is 6.22. The molecule has 0 saturated heterocycles. The predicted octanol–water partition coefficient (Wildman–Crippen LogP) is 1.87. The normalized spacial score (nSPS) is 11.0. The molecule has 2 N–H and O–H groups in total. The highest BCUT2D eigenvalue weighted by Crippen LogP contribution is 2.41. The molecular formula is C21H14BrN3O2. The largest absolute Gasteiger partial charge is 1.00 e. The Morgan fingerprint density at radius 3 is 2.59 bits per heavy atom. The van der Waals surface area contributed by atoms with Gasteiger partial charge in [0.2, 0.25) is 0 Å². The number of pyridine rings is 1. The van der Waals surface area contributed by atoms with Crippen molar-refractivity contribution < 1.29 is 26.9 Å². The molecule has 0 aliphatic carbocycles. The van der Waals surface area contributed by atoms with Gasteiger partial charge in [-0.05, 0) is 39.9 Å². The van der Waals surface area contributed by atoms with Gasteiger partial charge in [-0.15, -0.1) is 0 Å². The van der Waals surface area contributed by atoms with E-state index in [2.05, 4.69) is 22.1 Å². The molecule has 6 heteroatoms. The molecule has 2 aromatic heterocycles. The summed E-state index contributed by atoms with van der Waals surface area (Å²) < 4.78 is 0. The van der Waals surface area contributed by atoms with Crippen LogP contribution in [0.1, 0.15) is 0 Å². The van der Waals surface area contributed by atoms with E-state index in [0.717, 1.165) is 37.9 Å². The highest BCUT2D eigenvalue weighted by atomic mass is 79.9. The summed E-state index contributed by atoms with van der Waals surface area (Å²) in [6.07, 6.45) is 7.73. The number of rotatable bonds is 2. The van der Waals surface area contributed by atoms with Crippen LogP contribution in [0.25, 0.3) is 43.4 Å². The molecule has 0 amide bonds. The van der Waals surface area contributed by atoms with Gasteiger partial charge in [0.05, 0.1) is 21.3 Å². The van der Waals surface area contributed by atoms with E-state index in [-0.39, 0.29) is 27.6 Å². The Hall–Kier alpha value is -3.25. The number of H-pyrrole nitrogens is 2. The Balaban J connectivity index is 0.00000180. The van der Waals surface area contributed by atoms with Crippen LogP contribution in [0.3, 0.4) is 0 Å². The number of nitrogens with one attached hydrogen (secondary N) is 2. The molecule has 0 aliphatic rings. The van der Waals surface area contributed by atoms with Crippen LogP contribution >= 0.6 is 0 Å². The van der Waals surface area contributed by atoms with Crippen molar-refractivity contribution in [2.45, 2.75) is 0 Å². The molecule has 0 atom stereocenters. The third kappa shape index (κ3) is 2.57. The van der Waals surface area contributed by atoms with Gasteiger partial charge in [-0.25, -0.2) is 4.98 Å². The first-order chi connectivity index (χ1) is 12.7. The van der Waals surface area contributed by atoms with E-state index in [4.69, 9.17) is 0 Å². The summed E-state index contributed by atoms with van der Waals surface area (Å²) in [6.45, 7) is 0. The fraction of sp³-hybridized carbons (Fsp3) is 0. The molecule has 0 aliphatic heterocycles. The van der Waals surface area contributed by atoms with Crippen molar-refractivity contribution in [3.05, 3.63) is 83.4 Å². The molecule has 132 valence electrons. The van der Waals surface area contributed by atoms with Crippen molar-refractivity contribution in [2.24, 2.45) is 0 Å². The zero-order chi connectivity index (χ0) is 17.7. The summed E-state index contributed by atoms with van der Waals surface area (Å²) in [7, 11) is 0. The number of hydrogen-bond acceptors (Lipinski definition) is 2. The van der Waals surface area contributed by atoms with Crippen molar-refractivity contribution in [3.8, 4) is 11.1 Å². The van der Waals surface area contributed by atoms with E-state index >= 15 is 0 Å². The molecule has 3 aromatic carbocycles. The van der Waals surface area contributed by atoms with E-state index in [0.29, 0.717) is 5.56 Å². The van der Waals surface area contributed by atoms with Gasteiger partial charge in [-0.2, -0.15) is 0 Å². The molecule has 0 radical (unpaired) electrons. The van der Waals surface area contributed by atoms with Gasteiger partial charge in [0.25, 0.3) is 5.69 Å². The molecule has 5 nitrogen and oxygen atoms in total. The number of aromatic nitrogens is 2. The van der Waals surface area contributed by atoms with E-state index in [1.807, 2.05) is 49.1 Å². The smallest absolute Gasteiger partial charge is 0.277 e. The van der Waals surface area contributed by atoms with Crippen molar-refractivity contribution >= 4 is 38.0 Å². The van der Waals surface area contributed by atoms with Crippen LogP contribution < -0.4 is 22.0 Å². The molecule has 27 heavy (non-hydrogen) atoms. The molecule has 5 rings (SSSR count). The first-order valence-corrected chi connectivity index (χ1v) is 8.30. The van der Waals surface area contributed by atoms with Crippen LogP contribution in [-0.4, -0.2) is 9.91 Å². The fourth-order valence-corrected chi connectivity index (χ4v) is 3.75. The Bertz CT molecular complexity index is 1330. The van der Waals surface area contributed by atoms with E-state index < -0.39 is 0 Å². The zero-order valence-electron chi connectivity index (χ0n) is 14.1. The SMILES string of the molecule is O=[N+]([O-])c1ccccc1-c1cc2c[nH+]cc2c2ccc3cc[nH]cc3c12.[Br-]. The summed E-state index contributed by atoms with van der Waals surface area (Å²) in [4.78, 5) is 17.6. The maximum Gasteiger partial charge on any atom is 0.277 e. The Morgan fingerprint density at radius 2 is 1.74 bits per heavy atom. The van der Waals surface area contributed by atoms with Crippen LogP contribution in [0.5, 0.6) is 0 Å². The molecular weight excluding hydrogens is 406 g/mol. The summed E-state index contributed by atoms with van der Waals surface area (Å²) in [5, 5.41) is 18.0. The lowest BCUT2D eigenvalue weighted by Gasteiger charge is -2.11. The lowest BCUT2D eigenvalue weighted by molar-refractivity contribution is -0.384. The third-order valence-corrected chi connectivity index (χ3v) is 4.89. The summed E-state index contributed by atoms with van der Waals surface area (Å²) in [6, 6.07) is 15.1. The Kier molecular flexibility index (Phi) is 4.12. The van der Waals surface area contributed by atoms with Crippen LogP contribution in [0.4, 0.5) is 5.69 Å². The van der Waals surface area contributed by atoms with Gasteiger partial charge >= 0.3 is 0 Å². The average Bonchev–Trinajstić information content (AvgIpc) is 3.15. The number of aromatic amines is 2. The molecule has 5 aromatic rings. The second kappa shape index (κ2) is 6.48. The summed E-state index contributed by atoms with van der Waals surface area (Å²) >= 11 is 0. The van der Waals surface area contributed by atoms with E-state index in [1.165, 1.54) is 0 Å². The standard InChI is InChI=1S/C21H13N3O2.BrH/c25-24(26)20-4-2-1-3-15(20)17-9-14-10-23-11-18(14)16-6-5-13-7-8-22-12-19(13)21(16)17;/h1-12,22H;1H. The van der Waals surface area contributed by atoms with Crippen molar-refractivity contribution in [2.75, 3.05) is 0 Å². The van der Waals surface area contributed by atoms with E-state index in [9.17, 15) is 10.1 Å². The van der Waals surface area contributed by atoms with Crippen molar-refractivity contribution in [1.82, 2.24) is 4.98 Å². The lowest BCUT2D eigenvalue weighted by Crippen LogP contribution is -3.00.